The van der Waals surface area contributed by atoms with E-state index in [1.54, 1.807) is 14.2 Å². The van der Waals surface area contributed by atoms with Gasteiger partial charge in [-0.15, -0.1) is 0 Å². The number of nitrogens with one attached hydrogen (secondary N) is 2. The van der Waals surface area contributed by atoms with Crippen LogP contribution in [-0.2, 0) is 0 Å². The molecule has 6 heteroatoms. The Morgan fingerprint density at radius 2 is 2.00 bits per heavy atom. The van der Waals surface area contributed by atoms with Crippen molar-refractivity contribution in [3.8, 4) is 22.9 Å². The summed E-state index contributed by atoms with van der Waals surface area (Å²) in [6, 6.07) is 5.48. The number of aromatic amines is 2. The van der Waals surface area contributed by atoms with Gasteiger partial charge < -0.3 is 9.47 Å². The molecule has 84 valence electrons. The number of hydrogen-bond acceptors (Lipinski definition) is 4. The maximum atomic E-state index is 5.25. The second-order valence-electron chi connectivity index (χ2n) is 3.08. The van der Waals surface area contributed by atoms with E-state index in [9.17, 15) is 0 Å². The standard InChI is InChI=1S/C10H11N3O2S/c1-14-6-3-4-8(15-2)7(5-6)9-11-10(16)13-12-9/h3-5H,1-2H3,(H2,11,12,13,16). The molecule has 0 aliphatic carbocycles. The monoisotopic (exact) mass is 237 g/mol. The molecule has 0 bridgehead atoms. The third kappa shape index (κ3) is 1.92. The second-order valence-corrected chi connectivity index (χ2v) is 3.47. The quantitative estimate of drug-likeness (QED) is 0.803. The molecule has 5 nitrogen and oxygen atoms in total. The van der Waals surface area contributed by atoms with Crippen molar-refractivity contribution < 1.29 is 9.47 Å². The van der Waals surface area contributed by atoms with Gasteiger partial charge in [0, 0.05) is 0 Å². The summed E-state index contributed by atoms with van der Waals surface area (Å²) in [5.41, 5.74) is 0.800. The minimum absolute atomic E-state index is 0.403. The van der Waals surface area contributed by atoms with E-state index in [0.717, 1.165) is 11.3 Å². The molecule has 0 atom stereocenters. The number of rotatable bonds is 3. The van der Waals surface area contributed by atoms with Gasteiger partial charge in [0.1, 0.15) is 11.5 Å². The second kappa shape index (κ2) is 4.36. The Morgan fingerprint density at radius 1 is 1.19 bits per heavy atom. The summed E-state index contributed by atoms with van der Waals surface area (Å²) < 4.78 is 10.8. The largest absolute Gasteiger partial charge is 0.497 e. The number of hydrogen-bond donors (Lipinski definition) is 2. The zero-order valence-corrected chi connectivity index (χ0v) is 9.72. The molecule has 2 aromatic rings. The lowest BCUT2D eigenvalue weighted by Crippen LogP contribution is -1.91. The molecule has 0 amide bonds. The molecule has 0 saturated carbocycles. The lowest BCUT2D eigenvalue weighted by Gasteiger charge is -2.07. The van der Waals surface area contributed by atoms with Gasteiger partial charge in [-0.05, 0) is 30.4 Å². The van der Waals surface area contributed by atoms with E-state index in [1.165, 1.54) is 0 Å². The van der Waals surface area contributed by atoms with Crippen molar-refractivity contribution in [2.75, 3.05) is 14.2 Å². The molecular weight excluding hydrogens is 226 g/mol. The Morgan fingerprint density at radius 3 is 2.56 bits per heavy atom. The molecule has 16 heavy (non-hydrogen) atoms. The van der Waals surface area contributed by atoms with Gasteiger partial charge in [-0.25, -0.2) is 0 Å². The SMILES string of the molecule is COc1ccc(OC)c(-c2nc(=S)[nH][nH]2)c1. The van der Waals surface area contributed by atoms with E-state index >= 15 is 0 Å². The van der Waals surface area contributed by atoms with Crippen LogP contribution in [0.1, 0.15) is 0 Å². The normalized spacial score (nSPS) is 10.1. The first kappa shape index (κ1) is 10.7. The topological polar surface area (TPSA) is 62.9 Å². The first-order valence-electron chi connectivity index (χ1n) is 4.61. The highest BCUT2D eigenvalue weighted by Crippen LogP contribution is 2.30. The van der Waals surface area contributed by atoms with Crippen LogP contribution in [0.15, 0.2) is 18.2 Å². The lowest BCUT2D eigenvalue weighted by atomic mass is 10.2. The van der Waals surface area contributed by atoms with E-state index < -0.39 is 0 Å². The Labute approximate surface area is 97.4 Å². The smallest absolute Gasteiger partial charge is 0.213 e. The molecule has 2 rings (SSSR count). The zero-order valence-electron chi connectivity index (χ0n) is 8.90. The Kier molecular flexibility index (Phi) is 2.91. The maximum Gasteiger partial charge on any atom is 0.213 e. The van der Waals surface area contributed by atoms with E-state index in [2.05, 4.69) is 15.2 Å². The zero-order chi connectivity index (χ0) is 11.5. The van der Waals surface area contributed by atoms with Crippen LogP contribution in [0.4, 0.5) is 0 Å². The lowest BCUT2D eigenvalue weighted by molar-refractivity contribution is 0.404. The summed E-state index contributed by atoms with van der Waals surface area (Å²) in [6.07, 6.45) is 0. The molecule has 1 aromatic heterocycles. The van der Waals surface area contributed by atoms with Crippen LogP contribution in [0, 0.1) is 4.77 Å². The average molecular weight is 237 g/mol. The molecular formula is C10H11N3O2S. The molecule has 0 fully saturated rings. The van der Waals surface area contributed by atoms with Gasteiger partial charge in [-0.3, -0.25) is 10.2 Å². The van der Waals surface area contributed by atoms with Crippen LogP contribution >= 0.6 is 12.2 Å². The number of ether oxygens (including phenoxy) is 2. The number of benzene rings is 1. The molecule has 1 aromatic carbocycles. The summed E-state index contributed by atoms with van der Waals surface area (Å²) in [4.78, 5) is 4.13. The first-order valence-corrected chi connectivity index (χ1v) is 5.02. The third-order valence-electron chi connectivity index (χ3n) is 2.16. The van der Waals surface area contributed by atoms with Gasteiger partial charge in [0.2, 0.25) is 4.77 Å². The van der Waals surface area contributed by atoms with Gasteiger partial charge >= 0.3 is 0 Å². The van der Waals surface area contributed by atoms with Crippen LogP contribution in [0.3, 0.4) is 0 Å². The van der Waals surface area contributed by atoms with Crippen LogP contribution < -0.4 is 9.47 Å². The van der Waals surface area contributed by atoms with Crippen molar-refractivity contribution in [2.45, 2.75) is 0 Å². The molecule has 0 unspecified atom stereocenters. The molecule has 0 aliphatic heterocycles. The fourth-order valence-electron chi connectivity index (χ4n) is 1.40. The van der Waals surface area contributed by atoms with Crippen molar-refractivity contribution in [2.24, 2.45) is 0 Å². The number of H-pyrrole nitrogens is 2. The number of aromatic nitrogens is 3. The summed E-state index contributed by atoms with van der Waals surface area (Å²) in [5, 5.41) is 5.61. The van der Waals surface area contributed by atoms with Crippen molar-refractivity contribution in [3.05, 3.63) is 23.0 Å². The van der Waals surface area contributed by atoms with Crippen LogP contribution in [0.2, 0.25) is 0 Å². The summed E-state index contributed by atoms with van der Waals surface area (Å²) in [5.74, 6) is 2.07. The highest BCUT2D eigenvalue weighted by molar-refractivity contribution is 7.71. The summed E-state index contributed by atoms with van der Waals surface area (Å²) in [6.45, 7) is 0. The number of nitrogens with zero attached hydrogens (tertiary/aromatic N) is 1. The maximum absolute atomic E-state index is 5.25. The molecule has 0 spiro atoms. The average Bonchev–Trinajstić information content (AvgIpc) is 2.75. The molecule has 0 saturated heterocycles. The summed E-state index contributed by atoms with van der Waals surface area (Å²) in [7, 11) is 3.21. The highest BCUT2D eigenvalue weighted by atomic mass is 32.1. The van der Waals surface area contributed by atoms with Gasteiger partial charge in [-0.2, -0.15) is 4.98 Å². The van der Waals surface area contributed by atoms with Crippen molar-refractivity contribution >= 4 is 12.2 Å². The van der Waals surface area contributed by atoms with Crippen LogP contribution in [0.25, 0.3) is 11.4 Å². The van der Waals surface area contributed by atoms with Gasteiger partial charge in [0.25, 0.3) is 0 Å². The van der Waals surface area contributed by atoms with E-state index in [-0.39, 0.29) is 0 Å². The predicted octanol–water partition coefficient (Wildman–Crippen LogP) is 2.15. The van der Waals surface area contributed by atoms with Crippen molar-refractivity contribution in [1.82, 2.24) is 15.2 Å². The fraction of sp³-hybridized carbons (Fsp3) is 0.200. The van der Waals surface area contributed by atoms with Gasteiger partial charge in [0.15, 0.2) is 5.82 Å². The summed E-state index contributed by atoms with van der Waals surface area (Å²) >= 11 is 4.90. The Bertz CT molecular complexity index is 547. The van der Waals surface area contributed by atoms with E-state index in [1.807, 2.05) is 18.2 Å². The Balaban J connectivity index is 2.56. The molecule has 0 radical (unpaired) electrons. The minimum atomic E-state index is 0.403. The minimum Gasteiger partial charge on any atom is -0.497 e. The first-order chi connectivity index (χ1) is 7.74. The van der Waals surface area contributed by atoms with Crippen molar-refractivity contribution in [1.29, 1.82) is 0 Å². The van der Waals surface area contributed by atoms with Crippen LogP contribution in [-0.4, -0.2) is 29.4 Å². The number of methoxy groups -OCH3 is 2. The van der Waals surface area contributed by atoms with Gasteiger partial charge in [0.05, 0.1) is 19.8 Å². The highest BCUT2D eigenvalue weighted by Gasteiger charge is 2.09. The molecule has 0 aliphatic rings. The fourth-order valence-corrected chi connectivity index (χ4v) is 1.54. The van der Waals surface area contributed by atoms with Crippen molar-refractivity contribution in [3.63, 3.8) is 0 Å². The van der Waals surface area contributed by atoms with E-state index in [0.29, 0.717) is 16.3 Å². The molecule has 1 heterocycles. The van der Waals surface area contributed by atoms with E-state index in [4.69, 9.17) is 21.7 Å². The van der Waals surface area contributed by atoms with Crippen LogP contribution in [0.5, 0.6) is 11.5 Å². The molecule has 2 N–H and O–H groups in total. The van der Waals surface area contributed by atoms with Gasteiger partial charge in [-0.1, -0.05) is 0 Å². The third-order valence-corrected chi connectivity index (χ3v) is 2.36. The Hall–Kier alpha value is -1.82. The predicted molar refractivity (Wildman–Crippen MR) is 62.3 cm³/mol.